The smallest absolute Gasteiger partial charge is 0.0674 e. The first kappa shape index (κ1) is 11.7. The van der Waals surface area contributed by atoms with Gasteiger partial charge in [0.15, 0.2) is 0 Å². The third kappa shape index (κ3) is 2.56. The Morgan fingerprint density at radius 3 is 2.33 bits per heavy atom. The normalized spacial score (nSPS) is 11.9. The molecule has 0 spiro atoms. The molecule has 0 aromatic heterocycles. The van der Waals surface area contributed by atoms with Crippen LogP contribution in [-0.4, -0.2) is 12.8 Å². The summed E-state index contributed by atoms with van der Waals surface area (Å²) < 4.78 is 0. The van der Waals surface area contributed by atoms with Crippen LogP contribution in [0, 0.1) is 12.8 Å². The maximum atomic E-state index is 4.36. The van der Waals surface area contributed by atoms with Gasteiger partial charge < -0.3 is 0 Å². The lowest BCUT2D eigenvalue weighted by molar-refractivity contribution is 0.805. The summed E-state index contributed by atoms with van der Waals surface area (Å²) in [5.41, 5.74) is 4.58. The van der Waals surface area contributed by atoms with Crippen LogP contribution in [0.2, 0.25) is 0 Å². The van der Waals surface area contributed by atoms with Crippen LogP contribution in [0.1, 0.15) is 25.0 Å². The number of hydrogen-bond acceptors (Lipinski definition) is 1. The molecule has 0 unspecified atom stereocenters. The third-order valence-electron chi connectivity index (χ3n) is 2.62. The maximum absolute atomic E-state index is 4.36. The minimum absolute atomic E-state index is 0.434. The first-order valence-corrected chi connectivity index (χ1v) is 5.30. The van der Waals surface area contributed by atoms with Gasteiger partial charge in [-0.3, -0.25) is 4.99 Å². The number of rotatable bonds is 3. The Morgan fingerprint density at radius 1 is 1.27 bits per heavy atom. The summed E-state index contributed by atoms with van der Waals surface area (Å²) in [4.78, 5) is 4.36. The van der Waals surface area contributed by atoms with Gasteiger partial charge >= 0.3 is 0 Å². The molecule has 15 heavy (non-hydrogen) atoms. The van der Waals surface area contributed by atoms with Crippen molar-refractivity contribution in [1.29, 1.82) is 0 Å². The van der Waals surface area contributed by atoms with Crippen molar-refractivity contribution >= 4 is 5.71 Å². The molecule has 0 aliphatic carbocycles. The van der Waals surface area contributed by atoms with E-state index in [9.17, 15) is 0 Å². The fraction of sp³-hybridized carbons (Fsp3) is 0.357. The summed E-state index contributed by atoms with van der Waals surface area (Å²) >= 11 is 0. The van der Waals surface area contributed by atoms with Gasteiger partial charge in [0.05, 0.1) is 5.71 Å². The Labute approximate surface area is 92.6 Å². The maximum Gasteiger partial charge on any atom is 0.0674 e. The number of allylic oxidation sites excluding steroid dienone is 1. The van der Waals surface area contributed by atoms with Gasteiger partial charge in [0.1, 0.15) is 0 Å². The van der Waals surface area contributed by atoms with Crippen LogP contribution >= 0.6 is 0 Å². The number of aliphatic imine (C=N–C) groups is 1. The van der Waals surface area contributed by atoms with E-state index >= 15 is 0 Å². The molecule has 0 amide bonds. The lowest BCUT2D eigenvalue weighted by Crippen LogP contribution is -2.10. The van der Waals surface area contributed by atoms with E-state index in [0.29, 0.717) is 5.92 Å². The van der Waals surface area contributed by atoms with Crippen molar-refractivity contribution in [3.05, 3.63) is 47.5 Å². The van der Waals surface area contributed by atoms with Gasteiger partial charge in [0.25, 0.3) is 0 Å². The van der Waals surface area contributed by atoms with Crippen molar-refractivity contribution in [3.63, 3.8) is 0 Å². The van der Waals surface area contributed by atoms with Crippen molar-refractivity contribution < 1.29 is 0 Å². The van der Waals surface area contributed by atoms with Crippen LogP contribution in [0.15, 0.2) is 41.4 Å². The predicted octanol–water partition coefficient (Wildman–Crippen LogP) is 3.63. The van der Waals surface area contributed by atoms with Crippen LogP contribution in [-0.2, 0) is 0 Å². The number of nitrogens with zero attached hydrogens (tertiary/aromatic N) is 1. The van der Waals surface area contributed by atoms with Gasteiger partial charge in [-0.2, -0.15) is 0 Å². The third-order valence-corrected chi connectivity index (χ3v) is 2.62. The molecule has 0 aliphatic rings. The summed E-state index contributed by atoms with van der Waals surface area (Å²) in [6.45, 7) is 10.5. The molecular formula is C14H19N. The molecule has 1 aromatic carbocycles. The van der Waals surface area contributed by atoms with E-state index < -0.39 is 0 Å². The zero-order valence-electron chi connectivity index (χ0n) is 10.0. The number of hydrogen-bond donors (Lipinski definition) is 0. The molecule has 0 N–H and O–H groups in total. The van der Waals surface area contributed by atoms with E-state index in [4.69, 9.17) is 0 Å². The largest absolute Gasteiger partial charge is 0.288 e. The standard InChI is InChI=1S/C14H19N/c1-10(2)12(4)14(15-5)13-9-7-6-8-11(13)3/h6-10H,4H2,1-3,5H3/b15-14-. The van der Waals surface area contributed by atoms with Crippen LogP contribution < -0.4 is 0 Å². The van der Waals surface area contributed by atoms with Crippen molar-refractivity contribution in [2.24, 2.45) is 10.9 Å². The van der Waals surface area contributed by atoms with E-state index in [1.54, 1.807) is 0 Å². The van der Waals surface area contributed by atoms with E-state index in [2.05, 4.69) is 44.5 Å². The summed E-state index contributed by atoms with van der Waals surface area (Å²) in [6, 6.07) is 8.30. The van der Waals surface area contributed by atoms with Gasteiger partial charge in [-0.25, -0.2) is 0 Å². The molecule has 0 saturated heterocycles. The molecule has 1 aromatic rings. The predicted molar refractivity (Wildman–Crippen MR) is 67.6 cm³/mol. The van der Waals surface area contributed by atoms with E-state index in [1.165, 1.54) is 11.1 Å². The van der Waals surface area contributed by atoms with E-state index in [-0.39, 0.29) is 0 Å². The first-order chi connectivity index (χ1) is 7.07. The average molecular weight is 201 g/mol. The first-order valence-electron chi connectivity index (χ1n) is 5.30. The van der Waals surface area contributed by atoms with Crippen LogP contribution in [0.25, 0.3) is 0 Å². The zero-order valence-corrected chi connectivity index (χ0v) is 10.0. The Kier molecular flexibility index (Phi) is 3.84. The lowest BCUT2D eigenvalue weighted by atomic mass is 9.92. The highest BCUT2D eigenvalue weighted by atomic mass is 14.7. The Morgan fingerprint density at radius 2 is 1.87 bits per heavy atom. The second kappa shape index (κ2) is 4.92. The molecule has 0 radical (unpaired) electrons. The molecule has 0 bridgehead atoms. The Hall–Kier alpha value is -1.37. The van der Waals surface area contributed by atoms with Crippen LogP contribution in [0.5, 0.6) is 0 Å². The summed E-state index contributed by atoms with van der Waals surface area (Å²) in [5.74, 6) is 0.434. The number of benzene rings is 1. The minimum Gasteiger partial charge on any atom is -0.288 e. The molecule has 1 nitrogen and oxygen atoms in total. The topological polar surface area (TPSA) is 12.4 Å². The minimum atomic E-state index is 0.434. The van der Waals surface area contributed by atoms with Crippen molar-refractivity contribution in [1.82, 2.24) is 0 Å². The average Bonchev–Trinajstić information content (AvgIpc) is 2.21. The lowest BCUT2D eigenvalue weighted by Gasteiger charge is -2.14. The van der Waals surface area contributed by atoms with E-state index in [0.717, 1.165) is 11.3 Å². The SMILES string of the molecule is C=C(/C(=N/C)c1ccccc1C)C(C)C. The van der Waals surface area contributed by atoms with Gasteiger partial charge in [-0.1, -0.05) is 44.7 Å². The molecule has 1 heteroatoms. The fourth-order valence-corrected chi connectivity index (χ4v) is 1.55. The molecular weight excluding hydrogens is 182 g/mol. The second-order valence-electron chi connectivity index (χ2n) is 4.07. The molecule has 0 saturated carbocycles. The highest BCUT2D eigenvalue weighted by Gasteiger charge is 2.11. The van der Waals surface area contributed by atoms with Crippen molar-refractivity contribution in [2.75, 3.05) is 7.05 Å². The molecule has 1 rings (SSSR count). The highest BCUT2D eigenvalue weighted by molar-refractivity contribution is 6.13. The molecule has 0 heterocycles. The molecule has 0 atom stereocenters. The molecule has 80 valence electrons. The Bertz CT molecular complexity index is 386. The van der Waals surface area contributed by atoms with Crippen molar-refractivity contribution in [2.45, 2.75) is 20.8 Å². The summed E-state index contributed by atoms with van der Waals surface area (Å²) in [6.07, 6.45) is 0. The molecule has 0 fully saturated rings. The fourth-order valence-electron chi connectivity index (χ4n) is 1.55. The summed E-state index contributed by atoms with van der Waals surface area (Å²) in [7, 11) is 1.83. The molecule has 0 aliphatic heterocycles. The van der Waals surface area contributed by atoms with Crippen LogP contribution in [0.4, 0.5) is 0 Å². The quantitative estimate of drug-likeness (QED) is 0.662. The van der Waals surface area contributed by atoms with Crippen molar-refractivity contribution in [3.8, 4) is 0 Å². The van der Waals surface area contributed by atoms with Gasteiger partial charge in [-0.05, 0) is 24.0 Å². The van der Waals surface area contributed by atoms with Crippen LogP contribution in [0.3, 0.4) is 0 Å². The zero-order chi connectivity index (χ0) is 11.4. The van der Waals surface area contributed by atoms with E-state index in [1.807, 2.05) is 19.2 Å². The summed E-state index contributed by atoms with van der Waals surface area (Å²) in [5, 5.41) is 0. The van der Waals surface area contributed by atoms with Gasteiger partial charge in [0, 0.05) is 12.6 Å². The second-order valence-corrected chi connectivity index (χ2v) is 4.07. The Balaban J connectivity index is 3.16. The van der Waals surface area contributed by atoms with Gasteiger partial charge in [0.2, 0.25) is 0 Å². The number of aryl methyl sites for hydroxylation is 1. The monoisotopic (exact) mass is 201 g/mol. The highest BCUT2D eigenvalue weighted by Crippen LogP contribution is 2.18. The van der Waals surface area contributed by atoms with Gasteiger partial charge in [-0.15, -0.1) is 0 Å².